The fraction of sp³-hybridized carbons (Fsp3) is 0.0667. The topological polar surface area (TPSA) is 46.2 Å². The van der Waals surface area contributed by atoms with Gasteiger partial charge in [0.1, 0.15) is 29.0 Å². The third-order valence-electron chi connectivity index (χ3n) is 2.85. The van der Waals surface area contributed by atoms with Gasteiger partial charge in [-0.05, 0) is 24.3 Å². The Bertz CT molecular complexity index is 642. The molecule has 3 nitrogen and oxygen atoms in total. The Kier molecular flexibility index (Phi) is 4.55. The van der Waals surface area contributed by atoms with Gasteiger partial charge in [-0.2, -0.15) is 0 Å². The van der Waals surface area contributed by atoms with Crippen molar-refractivity contribution in [3.05, 3.63) is 65.2 Å². The SMILES string of the molecule is O=C(Cc1c(F)cccc1F)C(=O)Nc1c(F)cccc1F. The Morgan fingerprint density at radius 2 is 1.27 bits per heavy atom. The summed E-state index contributed by atoms with van der Waals surface area (Å²) in [5.74, 6) is -6.72. The number of Topliss-reactive ketones (excluding diaryl/α,β-unsaturated/α-hetero) is 1. The maximum atomic E-state index is 13.4. The van der Waals surface area contributed by atoms with Crippen molar-refractivity contribution in [1.82, 2.24) is 0 Å². The molecule has 1 amide bonds. The van der Waals surface area contributed by atoms with E-state index in [-0.39, 0.29) is 0 Å². The molecule has 0 atom stereocenters. The van der Waals surface area contributed by atoms with E-state index in [9.17, 15) is 27.2 Å². The van der Waals surface area contributed by atoms with Crippen LogP contribution in [0.4, 0.5) is 23.2 Å². The third-order valence-corrected chi connectivity index (χ3v) is 2.85. The van der Waals surface area contributed by atoms with Crippen LogP contribution in [0.15, 0.2) is 36.4 Å². The molecule has 114 valence electrons. The molecule has 0 bridgehead atoms. The van der Waals surface area contributed by atoms with Crippen molar-refractivity contribution in [1.29, 1.82) is 0 Å². The van der Waals surface area contributed by atoms with E-state index in [1.54, 1.807) is 5.32 Å². The minimum absolute atomic E-state index is 0.586. The van der Waals surface area contributed by atoms with E-state index in [1.165, 1.54) is 0 Å². The zero-order valence-electron chi connectivity index (χ0n) is 11.0. The average Bonchev–Trinajstić information content (AvgIpc) is 2.46. The predicted molar refractivity (Wildman–Crippen MR) is 70.1 cm³/mol. The minimum atomic E-state index is -1.37. The Morgan fingerprint density at radius 3 is 1.77 bits per heavy atom. The summed E-state index contributed by atoms with van der Waals surface area (Å²) in [5.41, 5.74) is -1.38. The molecular weight excluding hydrogens is 302 g/mol. The number of anilines is 1. The smallest absolute Gasteiger partial charge is 0.292 e. The van der Waals surface area contributed by atoms with Gasteiger partial charge in [0.25, 0.3) is 5.91 Å². The van der Waals surface area contributed by atoms with Crippen LogP contribution in [-0.4, -0.2) is 11.7 Å². The highest BCUT2D eigenvalue weighted by atomic mass is 19.1. The van der Waals surface area contributed by atoms with Crippen molar-refractivity contribution >= 4 is 17.4 Å². The van der Waals surface area contributed by atoms with Crippen molar-refractivity contribution in [3.8, 4) is 0 Å². The van der Waals surface area contributed by atoms with Gasteiger partial charge in [-0.15, -0.1) is 0 Å². The zero-order chi connectivity index (χ0) is 16.3. The Hall–Kier alpha value is -2.70. The third kappa shape index (κ3) is 3.30. The molecule has 0 aliphatic heterocycles. The monoisotopic (exact) mass is 311 g/mol. The Morgan fingerprint density at radius 1 is 0.818 bits per heavy atom. The molecule has 0 aromatic heterocycles. The molecule has 0 heterocycles. The number of ketones is 1. The van der Waals surface area contributed by atoms with Crippen LogP contribution < -0.4 is 5.32 Å². The van der Waals surface area contributed by atoms with Crippen LogP contribution in [0.1, 0.15) is 5.56 Å². The number of rotatable bonds is 4. The lowest BCUT2D eigenvalue weighted by atomic mass is 10.1. The first-order valence-electron chi connectivity index (χ1n) is 6.11. The van der Waals surface area contributed by atoms with Gasteiger partial charge < -0.3 is 5.32 Å². The molecule has 0 unspecified atom stereocenters. The molecule has 2 rings (SSSR count). The average molecular weight is 311 g/mol. The number of halogens is 4. The molecule has 7 heteroatoms. The first-order valence-corrected chi connectivity index (χ1v) is 6.11. The number of carbonyl (C=O) groups is 2. The van der Waals surface area contributed by atoms with E-state index in [0.717, 1.165) is 36.4 Å². The highest BCUT2D eigenvalue weighted by Crippen LogP contribution is 2.18. The number of benzene rings is 2. The van der Waals surface area contributed by atoms with E-state index in [2.05, 4.69) is 0 Å². The van der Waals surface area contributed by atoms with Gasteiger partial charge in [0.2, 0.25) is 5.78 Å². The molecule has 1 N–H and O–H groups in total. The highest BCUT2D eigenvalue weighted by Gasteiger charge is 2.21. The van der Waals surface area contributed by atoms with Crippen molar-refractivity contribution in [3.63, 3.8) is 0 Å². The van der Waals surface area contributed by atoms with Crippen molar-refractivity contribution < 1.29 is 27.2 Å². The van der Waals surface area contributed by atoms with Gasteiger partial charge in [0.05, 0.1) is 0 Å². The van der Waals surface area contributed by atoms with E-state index in [4.69, 9.17) is 0 Å². The summed E-state index contributed by atoms with van der Waals surface area (Å²) in [7, 11) is 0. The summed E-state index contributed by atoms with van der Waals surface area (Å²) in [5, 5.41) is 1.75. The van der Waals surface area contributed by atoms with Crippen LogP contribution >= 0.6 is 0 Å². The second kappa shape index (κ2) is 6.38. The van der Waals surface area contributed by atoms with Crippen molar-refractivity contribution in [2.45, 2.75) is 6.42 Å². The van der Waals surface area contributed by atoms with Crippen LogP contribution in [-0.2, 0) is 16.0 Å². The Labute approximate surface area is 122 Å². The fourth-order valence-corrected chi connectivity index (χ4v) is 1.74. The standard InChI is InChI=1S/C15H9F4NO2/c16-9-3-1-4-10(17)8(9)7-13(21)15(22)20-14-11(18)5-2-6-12(14)19/h1-6H,7H2,(H,20,22). The second-order valence-corrected chi connectivity index (χ2v) is 4.35. The van der Waals surface area contributed by atoms with Crippen LogP contribution in [0, 0.1) is 23.3 Å². The number of carbonyl (C=O) groups excluding carboxylic acids is 2. The number of para-hydroxylation sites is 1. The molecule has 0 radical (unpaired) electrons. The highest BCUT2D eigenvalue weighted by molar-refractivity contribution is 6.41. The molecule has 22 heavy (non-hydrogen) atoms. The van der Waals surface area contributed by atoms with Gasteiger partial charge >= 0.3 is 0 Å². The summed E-state index contributed by atoms with van der Waals surface area (Å²) in [6.45, 7) is 0. The molecule has 0 saturated heterocycles. The van der Waals surface area contributed by atoms with E-state index < -0.39 is 52.6 Å². The first kappa shape index (κ1) is 15.7. The minimum Gasteiger partial charge on any atom is -0.314 e. The van der Waals surface area contributed by atoms with Gasteiger partial charge in [-0.25, -0.2) is 17.6 Å². The molecular formula is C15H9F4NO2. The second-order valence-electron chi connectivity index (χ2n) is 4.35. The van der Waals surface area contributed by atoms with E-state index in [0.29, 0.717) is 0 Å². The molecule has 0 fully saturated rings. The largest absolute Gasteiger partial charge is 0.314 e. The number of hydrogen-bond acceptors (Lipinski definition) is 2. The summed E-state index contributed by atoms with van der Waals surface area (Å²) >= 11 is 0. The lowest BCUT2D eigenvalue weighted by molar-refractivity contribution is -0.134. The summed E-state index contributed by atoms with van der Waals surface area (Å²) in [6, 6.07) is 5.82. The van der Waals surface area contributed by atoms with Gasteiger partial charge in [0.15, 0.2) is 0 Å². The van der Waals surface area contributed by atoms with Gasteiger partial charge in [0, 0.05) is 12.0 Å². The fourth-order valence-electron chi connectivity index (χ4n) is 1.74. The van der Waals surface area contributed by atoms with E-state index in [1.807, 2.05) is 0 Å². The van der Waals surface area contributed by atoms with Crippen LogP contribution in [0.25, 0.3) is 0 Å². The number of amides is 1. The number of nitrogens with one attached hydrogen (secondary N) is 1. The molecule has 2 aromatic rings. The molecule has 0 aliphatic rings. The summed E-state index contributed by atoms with van der Waals surface area (Å²) < 4.78 is 53.5. The maximum absolute atomic E-state index is 13.4. The lowest BCUT2D eigenvalue weighted by Crippen LogP contribution is -2.26. The number of hydrogen-bond donors (Lipinski definition) is 1. The molecule has 2 aromatic carbocycles. The van der Waals surface area contributed by atoms with Crippen LogP contribution in [0.3, 0.4) is 0 Å². The summed E-state index contributed by atoms with van der Waals surface area (Å²) in [6.07, 6.45) is -0.861. The van der Waals surface area contributed by atoms with Gasteiger partial charge in [-0.3, -0.25) is 9.59 Å². The predicted octanol–water partition coefficient (Wildman–Crippen LogP) is 2.99. The zero-order valence-corrected chi connectivity index (χ0v) is 11.0. The first-order chi connectivity index (χ1) is 10.4. The maximum Gasteiger partial charge on any atom is 0.292 e. The van der Waals surface area contributed by atoms with Crippen molar-refractivity contribution in [2.24, 2.45) is 0 Å². The Balaban J connectivity index is 2.15. The van der Waals surface area contributed by atoms with Gasteiger partial charge in [-0.1, -0.05) is 12.1 Å². The van der Waals surface area contributed by atoms with Crippen LogP contribution in [0.5, 0.6) is 0 Å². The summed E-state index contributed by atoms with van der Waals surface area (Å²) in [4.78, 5) is 23.3. The molecule has 0 spiro atoms. The van der Waals surface area contributed by atoms with E-state index >= 15 is 0 Å². The normalized spacial score (nSPS) is 10.4. The lowest BCUT2D eigenvalue weighted by Gasteiger charge is -2.07. The molecule has 0 aliphatic carbocycles. The van der Waals surface area contributed by atoms with Crippen molar-refractivity contribution in [2.75, 3.05) is 5.32 Å². The van der Waals surface area contributed by atoms with Crippen LogP contribution in [0.2, 0.25) is 0 Å². The molecule has 0 saturated carbocycles. The quantitative estimate of drug-likeness (QED) is 0.697.